The zero-order valence-electron chi connectivity index (χ0n) is 17.9. The number of rotatable bonds is 4. The van der Waals surface area contributed by atoms with Crippen LogP contribution in [0.25, 0.3) is 0 Å². The van der Waals surface area contributed by atoms with E-state index in [0.29, 0.717) is 11.1 Å². The number of aliphatic hydroxyl groups is 2. The summed E-state index contributed by atoms with van der Waals surface area (Å²) in [5.41, 5.74) is -3.03. The van der Waals surface area contributed by atoms with Crippen molar-refractivity contribution < 1.29 is 38.8 Å². The van der Waals surface area contributed by atoms with Crippen LogP contribution in [-0.4, -0.2) is 63.5 Å². The molecular formula is C22H27ClO8. The molecule has 0 aromatic rings. The van der Waals surface area contributed by atoms with Gasteiger partial charge in [-0.1, -0.05) is 12.7 Å². The molecule has 0 aromatic heterocycles. The first-order valence-corrected chi connectivity index (χ1v) is 10.5. The molecule has 3 rings (SSSR count). The molecule has 0 unspecified atom stereocenters. The Morgan fingerprint density at radius 1 is 1.35 bits per heavy atom. The Morgan fingerprint density at radius 3 is 2.55 bits per heavy atom. The molecule has 0 radical (unpaired) electrons. The number of fused-ring (bicyclic) bond motifs is 3. The highest BCUT2D eigenvalue weighted by atomic mass is 35.5. The number of allylic oxidation sites excluding steroid dienone is 1. The molecule has 2 N–H and O–H groups in total. The van der Waals surface area contributed by atoms with Gasteiger partial charge in [0.25, 0.3) is 0 Å². The van der Waals surface area contributed by atoms with Gasteiger partial charge in [0, 0.05) is 24.5 Å². The number of hydrogen-bond acceptors (Lipinski definition) is 8. The maximum atomic E-state index is 12.5. The lowest BCUT2D eigenvalue weighted by atomic mass is 9.71. The summed E-state index contributed by atoms with van der Waals surface area (Å²) >= 11 is 6.18. The van der Waals surface area contributed by atoms with Crippen molar-refractivity contribution in [3.05, 3.63) is 35.5 Å². The van der Waals surface area contributed by atoms with Crippen molar-refractivity contribution in [1.82, 2.24) is 0 Å². The monoisotopic (exact) mass is 454 g/mol. The molecule has 3 aliphatic rings. The number of esters is 3. The van der Waals surface area contributed by atoms with Crippen LogP contribution in [0.5, 0.6) is 0 Å². The summed E-state index contributed by atoms with van der Waals surface area (Å²) in [4.78, 5) is 36.6. The Morgan fingerprint density at radius 2 is 2.00 bits per heavy atom. The van der Waals surface area contributed by atoms with Gasteiger partial charge in [0.2, 0.25) is 0 Å². The lowest BCUT2D eigenvalue weighted by molar-refractivity contribution is -0.183. The predicted molar refractivity (Wildman–Crippen MR) is 110 cm³/mol. The van der Waals surface area contributed by atoms with Gasteiger partial charge in [0.05, 0.1) is 23.3 Å². The molecule has 2 aliphatic carbocycles. The highest BCUT2D eigenvalue weighted by Crippen LogP contribution is 2.56. The molecule has 8 nitrogen and oxygen atoms in total. The maximum absolute atomic E-state index is 12.5. The van der Waals surface area contributed by atoms with Crippen LogP contribution < -0.4 is 0 Å². The highest BCUT2D eigenvalue weighted by molar-refractivity contribution is 6.18. The van der Waals surface area contributed by atoms with Crippen LogP contribution >= 0.6 is 11.6 Å². The van der Waals surface area contributed by atoms with Crippen molar-refractivity contribution in [2.75, 3.05) is 5.88 Å². The van der Waals surface area contributed by atoms with E-state index in [1.807, 2.05) is 0 Å². The van der Waals surface area contributed by atoms with Crippen molar-refractivity contribution in [3.8, 4) is 0 Å². The molecule has 9 heteroatoms. The van der Waals surface area contributed by atoms with Crippen LogP contribution in [0.2, 0.25) is 0 Å². The second kappa shape index (κ2) is 8.07. The van der Waals surface area contributed by atoms with Crippen LogP contribution in [0, 0.1) is 11.8 Å². The Kier molecular flexibility index (Phi) is 6.12. The van der Waals surface area contributed by atoms with Crippen LogP contribution in [0.4, 0.5) is 0 Å². The van der Waals surface area contributed by atoms with E-state index in [1.54, 1.807) is 26.8 Å². The topological polar surface area (TPSA) is 119 Å². The second-order valence-corrected chi connectivity index (χ2v) is 8.73. The van der Waals surface area contributed by atoms with Crippen LogP contribution in [0.1, 0.15) is 34.1 Å². The van der Waals surface area contributed by atoms with Crippen molar-refractivity contribution in [3.63, 3.8) is 0 Å². The van der Waals surface area contributed by atoms with Crippen molar-refractivity contribution in [2.45, 2.75) is 63.6 Å². The van der Waals surface area contributed by atoms with Gasteiger partial charge in [0.15, 0.2) is 0 Å². The zero-order valence-corrected chi connectivity index (χ0v) is 18.6. The maximum Gasteiger partial charge on any atom is 0.334 e. The first-order chi connectivity index (χ1) is 14.4. The predicted octanol–water partition coefficient (Wildman–Crippen LogP) is 1.57. The standard InChI is InChI=1S/C22H27ClO8/c1-6-10(2)19(25)30-15-8-21(27,9-23)17-14(29-13(5)24)7-11(3)22(17,28)18-16(15)12(4)20(26)31-18/h6-7,14-18,27-28H,4,8-9H2,1-3,5H3/b10-6-/t14-,15+,16-,17+,18+,21+,22-/m1/s1. The first kappa shape index (κ1) is 23.5. The quantitative estimate of drug-likeness (QED) is 0.216. The van der Waals surface area contributed by atoms with E-state index in [4.69, 9.17) is 25.8 Å². The summed E-state index contributed by atoms with van der Waals surface area (Å²) in [7, 11) is 0. The summed E-state index contributed by atoms with van der Waals surface area (Å²) in [6.45, 7) is 9.83. The first-order valence-electron chi connectivity index (χ1n) is 10.0. The average molecular weight is 455 g/mol. The van der Waals surface area contributed by atoms with E-state index in [2.05, 4.69) is 6.58 Å². The van der Waals surface area contributed by atoms with Crippen molar-refractivity contribution in [1.29, 1.82) is 0 Å². The number of carbonyl (C=O) groups is 3. The lowest BCUT2D eigenvalue weighted by Gasteiger charge is -2.43. The number of halogens is 1. The van der Waals surface area contributed by atoms with Gasteiger partial charge in [-0.25, -0.2) is 9.59 Å². The molecule has 1 saturated heterocycles. The minimum atomic E-state index is -1.92. The average Bonchev–Trinajstić information content (AvgIpc) is 3.11. The van der Waals surface area contributed by atoms with Gasteiger partial charge in [-0.2, -0.15) is 0 Å². The molecule has 31 heavy (non-hydrogen) atoms. The Hall–Kier alpha value is -2.16. The Bertz CT molecular complexity index is 892. The Labute approximate surface area is 185 Å². The number of ether oxygens (including phenoxy) is 3. The van der Waals surface area contributed by atoms with Gasteiger partial charge in [-0.05, 0) is 32.4 Å². The fourth-order valence-electron chi connectivity index (χ4n) is 4.95. The van der Waals surface area contributed by atoms with E-state index < -0.39 is 59.3 Å². The molecule has 1 saturated carbocycles. The minimum Gasteiger partial charge on any atom is -0.458 e. The molecule has 0 bridgehead atoms. The van der Waals surface area contributed by atoms with Gasteiger partial charge < -0.3 is 24.4 Å². The molecule has 0 aromatic carbocycles. The van der Waals surface area contributed by atoms with E-state index in [9.17, 15) is 24.6 Å². The summed E-state index contributed by atoms with van der Waals surface area (Å²) in [5, 5.41) is 23.5. The molecule has 2 fully saturated rings. The van der Waals surface area contributed by atoms with E-state index >= 15 is 0 Å². The van der Waals surface area contributed by atoms with E-state index in [0.717, 1.165) is 0 Å². The van der Waals surface area contributed by atoms with Crippen molar-refractivity contribution >= 4 is 29.5 Å². The second-order valence-electron chi connectivity index (χ2n) is 8.46. The molecular weight excluding hydrogens is 428 g/mol. The summed E-state index contributed by atoms with van der Waals surface area (Å²) in [6, 6.07) is 0. The lowest BCUT2D eigenvalue weighted by Crippen LogP contribution is -2.59. The van der Waals surface area contributed by atoms with Crippen LogP contribution in [0.3, 0.4) is 0 Å². The third-order valence-corrected chi connectivity index (χ3v) is 7.05. The summed E-state index contributed by atoms with van der Waals surface area (Å²) in [5.74, 6) is -4.42. The van der Waals surface area contributed by atoms with Gasteiger partial charge >= 0.3 is 17.9 Å². The summed E-state index contributed by atoms with van der Waals surface area (Å²) in [6.07, 6.45) is -0.424. The number of alkyl halides is 1. The fraction of sp³-hybridized carbons (Fsp3) is 0.591. The van der Waals surface area contributed by atoms with Gasteiger partial charge in [0.1, 0.15) is 23.9 Å². The smallest absolute Gasteiger partial charge is 0.334 e. The third-order valence-electron chi connectivity index (χ3n) is 6.59. The minimum absolute atomic E-state index is 0.0238. The summed E-state index contributed by atoms with van der Waals surface area (Å²) < 4.78 is 16.5. The molecule has 0 spiro atoms. The molecule has 7 atom stereocenters. The molecule has 0 amide bonds. The van der Waals surface area contributed by atoms with Crippen LogP contribution in [-0.2, 0) is 28.6 Å². The zero-order chi connectivity index (χ0) is 23.3. The molecule has 1 heterocycles. The van der Waals surface area contributed by atoms with Gasteiger partial charge in [-0.3, -0.25) is 4.79 Å². The third kappa shape index (κ3) is 3.60. The normalized spacial score (nSPS) is 39.8. The highest BCUT2D eigenvalue weighted by Gasteiger charge is 2.70. The number of carbonyl (C=O) groups excluding carboxylic acids is 3. The van der Waals surface area contributed by atoms with Crippen LogP contribution in [0.15, 0.2) is 35.5 Å². The largest absolute Gasteiger partial charge is 0.458 e. The van der Waals surface area contributed by atoms with E-state index in [1.165, 1.54) is 13.0 Å². The number of hydrogen-bond donors (Lipinski definition) is 2. The molecule has 1 aliphatic heterocycles. The van der Waals surface area contributed by atoms with Gasteiger partial charge in [-0.15, -0.1) is 11.6 Å². The Balaban J connectivity index is 2.16. The fourth-order valence-corrected chi connectivity index (χ4v) is 5.23. The van der Waals surface area contributed by atoms with E-state index in [-0.39, 0.29) is 17.9 Å². The SMILES string of the molecule is C=C1C(=O)O[C@H]2[C@H]1[C@@H](OC(=O)/C(C)=C\C)C[C@](O)(CCl)[C@@H]1[C@H](OC(C)=O)C=C(C)[C@]21O. The molecule has 170 valence electrons. The van der Waals surface area contributed by atoms with Crippen molar-refractivity contribution in [2.24, 2.45) is 11.8 Å².